The Balaban J connectivity index is 1.65. The van der Waals surface area contributed by atoms with Crippen LogP contribution in [0.3, 0.4) is 0 Å². The zero-order valence-electron chi connectivity index (χ0n) is 14.4. The van der Waals surface area contributed by atoms with E-state index < -0.39 is 13.8 Å². The predicted octanol–water partition coefficient (Wildman–Crippen LogP) is 2.89. The van der Waals surface area contributed by atoms with Crippen LogP contribution in [0.25, 0.3) is 0 Å². The van der Waals surface area contributed by atoms with Crippen LogP contribution in [-0.4, -0.2) is 40.5 Å². The zero-order valence-corrected chi connectivity index (χ0v) is 15.3. The number of ketones is 1. The van der Waals surface area contributed by atoms with Gasteiger partial charge in [-0.2, -0.15) is 0 Å². The Morgan fingerprint density at radius 1 is 1.12 bits per heavy atom. The average molecular weight is 368 g/mol. The lowest BCUT2D eigenvalue weighted by Crippen LogP contribution is -2.32. The number of alkyl carbamates (subject to hydrolysis) is 1. The summed E-state index contributed by atoms with van der Waals surface area (Å²) in [5.41, 5.74) is 0.854. The van der Waals surface area contributed by atoms with Gasteiger partial charge in [0.15, 0.2) is 11.9 Å². The van der Waals surface area contributed by atoms with Gasteiger partial charge in [0.1, 0.15) is 12.8 Å². The van der Waals surface area contributed by atoms with E-state index in [-0.39, 0.29) is 25.1 Å². The molecule has 0 aliphatic heterocycles. The summed E-state index contributed by atoms with van der Waals surface area (Å²) in [5, 5.41) is 2.36. The summed E-state index contributed by atoms with van der Waals surface area (Å²) in [6.07, 6.45) is 4.79. The fourth-order valence-electron chi connectivity index (χ4n) is 3.13. The number of carbonyl (C=O) groups excluding carboxylic acids is 2. The van der Waals surface area contributed by atoms with E-state index in [1.165, 1.54) is 6.42 Å². The van der Waals surface area contributed by atoms with Gasteiger partial charge in [0.05, 0.1) is 6.54 Å². The molecule has 1 aliphatic carbocycles. The molecule has 1 aromatic carbocycles. The molecule has 1 fully saturated rings. The van der Waals surface area contributed by atoms with Gasteiger partial charge in [-0.3, -0.25) is 4.79 Å². The Kier molecular flexibility index (Phi) is 7.82. The number of hydrogen-bond donors (Lipinski definition) is 3. The topological polar surface area (TPSA) is 95.9 Å². The molecule has 0 bridgehead atoms. The SMILES string of the molecule is O=C(CNC(=O)OCc1ccccc1)C[P+](O)(O)CC1CCCCC1. The Morgan fingerprint density at radius 3 is 2.48 bits per heavy atom. The molecule has 0 spiro atoms. The Bertz CT molecular complexity index is 558. The maximum atomic E-state index is 11.9. The number of hydrogen-bond acceptors (Lipinski definition) is 5. The fourth-order valence-corrected chi connectivity index (χ4v) is 5.13. The monoisotopic (exact) mass is 368 g/mol. The maximum Gasteiger partial charge on any atom is 0.407 e. The molecule has 0 saturated heterocycles. The van der Waals surface area contributed by atoms with Crippen LogP contribution in [-0.2, 0) is 16.1 Å². The first-order valence-electron chi connectivity index (χ1n) is 8.73. The molecule has 0 unspecified atom stereocenters. The first-order valence-corrected chi connectivity index (χ1v) is 10.8. The van der Waals surface area contributed by atoms with E-state index in [0.717, 1.165) is 31.2 Å². The molecule has 138 valence electrons. The number of Topliss-reactive ketones (excluding diaryl/α,β-unsaturated/α-hetero) is 1. The molecule has 7 heteroatoms. The van der Waals surface area contributed by atoms with Crippen molar-refractivity contribution in [2.24, 2.45) is 5.92 Å². The largest absolute Gasteiger partial charge is 0.445 e. The van der Waals surface area contributed by atoms with Gasteiger partial charge in [-0.25, -0.2) is 14.6 Å². The van der Waals surface area contributed by atoms with Crippen LogP contribution in [0.15, 0.2) is 30.3 Å². The molecular formula is C18H27NO5P+. The molecular weight excluding hydrogens is 341 g/mol. The highest BCUT2D eigenvalue weighted by atomic mass is 31.2. The lowest BCUT2D eigenvalue weighted by molar-refractivity contribution is -0.116. The number of carbonyl (C=O) groups is 2. The van der Waals surface area contributed by atoms with E-state index in [9.17, 15) is 19.4 Å². The molecule has 1 aromatic rings. The van der Waals surface area contributed by atoms with Crippen molar-refractivity contribution in [3.8, 4) is 0 Å². The molecule has 2 rings (SSSR count). The van der Waals surface area contributed by atoms with Gasteiger partial charge in [0, 0.05) is 0 Å². The highest BCUT2D eigenvalue weighted by molar-refractivity contribution is 7.65. The lowest BCUT2D eigenvalue weighted by atomic mass is 9.91. The molecule has 0 radical (unpaired) electrons. The number of amides is 1. The average Bonchev–Trinajstić information content (AvgIpc) is 2.59. The summed E-state index contributed by atoms with van der Waals surface area (Å²) in [6, 6.07) is 9.23. The van der Waals surface area contributed by atoms with Crippen molar-refractivity contribution in [1.82, 2.24) is 5.32 Å². The number of ether oxygens (including phenoxy) is 1. The highest BCUT2D eigenvalue weighted by Gasteiger charge is 2.39. The Hall–Kier alpha value is -1.49. The first kappa shape index (κ1) is 19.8. The molecule has 1 aliphatic rings. The normalized spacial score (nSPS) is 15.6. The quantitative estimate of drug-likeness (QED) is 0.613. The van der Waals surface area contributed by atoms with Gasteiger partial charge in [0.2, 0.25) is 0 Å². The minimum Gasteiger partial charge on any atom is -0.445 e. The van der Waals surface area contributed by atoms with Gasteiger partial charge in [-0.15, -0.1) is 0 Å². The van der Waals surface area contributed by atoms with E-state index in [1.54, 1.807) is 0 Å². The molecule has 25 heavy (non-hydrogen) atoms. The van der Waals surface area contributed by atoms with Crippen molar-refractivity contribution in [2.75, 3.05) is 18.9 Å². The standard InChI is InChI=1S/C18H26NO5P/c20-17(14-25(22,23)13-16-9-5-2-6-10-16)11-19-18(21)24-12-15-7-3-1-4-8-15/h1,3-4,7-8,16,22-23H,2,5-6,9-14H2/p+1. The molecule has 0 atom stereocenters. The smallest absolute Gasteiger partial charge is 0.407 e. The summed E-state index contributed by atoms with van der Waals surface area (Å²) in [6.45, 7) is -0.124. The number of nitrogens with one attached hydrogen (secondary N) is 1. The van der Waals surface area contributed by atoms with E-state index in [1.807, 2.05) is 30.3 Å². The van der Waals surface area contributed by atoms with Crippen molar-refractivity contribution in [1.29, 1.82) is 0 Å². The van der Waals surface area contributed by atoms with Crippen LogP contribution in [0.4, 0.5) is 4.79 Å². The predicted molar refractivity (Wildman–Crippen MR) is 97.3 cm³/mol. The number of rotatable bonds is 8. The third-order valence-electron chi connectivity index (χ3n) is 4.35. The summed E-state index contributed by atoms with van der Waals surface area (Å²) in [7, 11) is -3.23. The lowest BCUT2D eigenvalue weighted by Gasteiger charge is -2.23. The third-order valence-corrected chi connectivity index (χ3v) is 6.31. The van der Waals surface area contributed by atoms with Gasteiger partial charge in [-0.05, 0) is 24.3 Å². The summed E-state index contributed by atoms with van der Waals surface area (Å²) < 4.78 is 5.01. The summed E-state index contributed by atoms with van der Waals surface area (Å²) in [5.74, 6) is -0.0838. The van der Waals surface area contributed by atoms with Gasteiger partial charge < -0.3 is 10.1 Å². The minimum atomic E-state index is -3.23. The van der Waals surface area contributed by atoms with Crippen LogP contribution in [0.1, 0.15) is 37.7 Å². The second kappa shape index (κ2) is 9.85. The maximum absolute atomic E-state index is 11.9. The Morgan fingerprint density at radius 2 is 1.80 bits per heavy atom. The molecule has 6 nitrogen and oxygen atoms in total. The number of benzene rings is 1. The van der Waals surface area contributed by atoms with Crippen molar-refractivity contribution in [3.05, 3.63) is 35.9 Å². The van der Waals surface area contributed by atoms with E-state index >= 15 is 0 Å². The van der Waals surface area contributed by atoms with Gasteiger partial charge >= 0.3 is 6.09 Å². The van der Waals surface area contributed by atoms with Crippen LogP contribution < -0.4 is 5.32 Å². The fraction of sp³-hybridized carbons (Fsp3) is 0.556. The second-order valence-corrected chi connectivity index (χ2v) is 9.12. The zero-order chi connectivity index (χ0) is 18.1. The summed E-state index contributed by atoms with van der Waals surface area (Å²) in [4.78, 5) is 43.8. The minimum absolute atomic E-state index is 0.124. The molecule has 0 aromatic heterocycles. The molecule has 1 saturated carbocycles. The van der Waals surface area contributed by atoms with Crippen molar-refractivity contribution < 1.29 is 24.1 Å². The van der Waals surface area contributed by atoms with Gasteiger partial charge in [0.25, 0.3) is 7.72 Å². The van der Waals surface area contributed by atoms with Crippen molar-refractivity contribution >= 4 is 19.6 Å². The van der Waals surface area contributed by atoms with Crippen LogP contribution in [0, 0.1) is 5.92 Å². The van der Waals surface area contributed by atoms with Crippen LogP contribution in [0.2, 0.25) is 0 Å². The highest BCUT2D eigenvalue weighted by Crippen LogP contribution is 2.52. The van der Waals surface area contributed by atoms with E-state index in [4.69, 9.17) is 4.74 Å². The van der Waals surface area contributed by atoms with Crippen LogP contribution in [0.5, 0.6) is 0 Å². The molecule has 3 N–H and O–H groups in total. The Labute approximate surface area is 149 Å². The molecule has 1 amide bonds. The molecule has 0 heterocycles. The van der Waals surface area contributed by atoms with Crippen LogP contribution >= 0.6 is 7.72 Å². The third kappa shape index (κ3) is 7.95. The van der Waals surface area contributed by atoms with E-state index in [0.29, 0.717) is 12.1 Å². The van der Waals surface area contributed by atoms with Gasteiger partial charge in [-0.1, -0.05) is 49.6 Å². The summed E-state index contributed by atoms with van der Waals surface area (Å²) >= 11 is 0. The van der Waals surface area contributed by atoms with Crippen molar-refractivity contribution in [2.45, 2.75) is 38.7 Å². The van der Waals surface area contributed by atoms with E-state index in [2.05, 4.69) is 5.32 Å². The van der Waals surface area contributed by atoms with Crippen molar-refractivity contribution in [3.63, 3.8) is 0 Å². The first-order chi connectivity index (χ1) is 11.9. The second-order valence-electron chi connectivity index (χ2n) is 6.68.